The van der Waals surface area contributed by atoms with Crippen LogP contribution in [0.5, 0.6) is 11.6 Å². The molecule has 0 amide bonds. The molecule has 1 N–H and O–H groups in total. The van der Waals surface area contributed by atoms with Crippen LogP contribution >= 0.6 is 0 Å². The molecule has 5 aromatic rings. The molecule has 0 aliphatic carbocycles. The molecule has 1 fully saturated rings. The number of carboxylic acids is 1. The van der Waals surface area contributed by atoms with Gasteiger partial charge in [0.1, 0.15) is 29.5 Å². The smallest absolute Gasteiger partial charge is 0.335 e. The Hall–Kier alpha value is -5.31. The van der Waals surface area contributed by atoms with Crippen LogP contribution in [0.2, 0.25) is 0 Å². The number of aromatic nitrogens is 3. The van der Waals surface area contributed by atoms with Gasteiger partial charge in [0.15, 0.2) is 0 Å². The van der Waals surface area contributed by atoms with Gasteiger partial charge in [-0.1, -0.05) is 12.1 Å². The Morgan fingerprint density at radius 1 is 1.02 bits per heavy atom. The van der Waals surface area contributed by atoms with E-state index in [1.54, 1.807) is 54.1 Å². The molecule has 234 valence electrons. The Balaban J connectivity index is 0.000000863. The zero-order chi connectivity index (χ0) is 32.2. The van der Waals surface area contributed by atoms with Crippen molar-refractivity contribution < 1.29 is 33.2 Å². The van der Waals surface area contributed by atoms with Gasteiger partial charge in [-0.15, -0.1) is 0 Å². The van der Waals surface area contributed by atoms with E-state index < -0.39 is 11.8 Å². The molecule has 0 saturated carbocycles. The first-order chi connectivity index (χ1) is 22.3. The predicted molar refractivity (Wildman–Crippen MR) is 166 cm³/mol. The van der Waals surface area contributed by atoms with Gasteiger partial charge in [0.05, 0.1) is 48.7 Å². The van der Waals surface area contributed by atoms with Gasteiger partial charge >= 0.3 is 5.97 Å². The molecule has 0 spiro atoms. The van der Waals surface area contributed by atoms with E-state index in [1.165, 1.54) is 25.7 Å². The van der Waals surface area contributed by atoms with Gasteiger partial charge in [-0.3, -0.25) is 0 Å². The van der Waals surface area contributed by atoms with Crippen molar-refractivity contribution in [3.8, 4) is 29.0 Å². The van der Waals surface area contributed by atoms with E-state index in [1.807, 2.05) is 6.07 Å². The summed E-state index contributed by atoms with van der Waals surface area (Å²) in [7, 11) is 3.24. The summed E-state index contributed by atoms with van der Waals surface area (Å²) in [6.45, 7) is 2.59. The number of ether oxygens (including phenoxy) is 4. The molecule has 0 unspecified atom stereocenters. The highest BCUT2D eigenvalue weighted by Crippen LogP contribution is 2.32. The number of methoxy groups -OCH3 is 1. The normalized spacial score (nSPS) is 13.7. The predicted octanol–water partition coefficient (Wildman–Crippen LogP) is 5.96. The first-order valence-corrected chi connectivity index (χ1v) is 14.7. The van der Waals surface area contributed by atoms with E-state index in [4.69, 9.17) is 23.9 Å². The second kappa shape index (κ2) is 13.4. The number of nitrogens with zero attached hydrogens (tertiary/aromatic N) is 4. The molecule has 46 heavy (non-hydrogen) atoms. The van der Waals surface area contributed by atoms with Gasteiger partial charge in [0.2, 0.25) is 5.88 Å². The van der Waals surface area contributed by atoms with Crippen molar-refractivity contribution in [3.05, 3.63) is 106 Å². The molecule has 2 aromatic heterocycles. The second-order valence-electron chi connectivity index (χ2n) is 10.9. The average molecular weight is 623 g/mol. The zero-order valence-corrected chi connectivity index (χ0v) is 25.4. The molecule has 11 heteroatoms. The topological polar surface area (TPSA) is 129 Å². The van der Waals surface area contributed by atoms with Crippen LogP contribution in [-0.2, 0) is 42.8 Å². The minimum atomic E-state index is -1.08. The lowest BCUT2D eigenvalue weighted by Gasteiger charge is -2.14. The first kappa shape index (κ1) is 30.7. The summed E-state index contributed by atoms with van der Waals surface area (Å²) in [4.78, 5) is 20.9. The Labute approximate surface area is 264 Å². The minimum absolute atomic E-state index is 0.0780. The molecule has 7 rings (SSSR count). The molecular formula is C35H31FN4O6. The SMILES string of the molecule is C1COC1.COc1cc(C(=O)O)cc2c1nc(Cc1cc(F)c3cc1COCc1cc(C#N)ccc1COc1cccc-3n1)n2C. The molecule has 0 atom stereocenters. The number of pyridine rings is 1. The number of fused-ring (bicyclic) bond motifs is 7. The number of halogens is 1. The first-order valence-electron chi connectivity index (χ1n) is 14.7. The number of aromatic carboxylic acids is 1. The number of benzene rings is 3. The summed E-state index contributed by atoms with van der Waals surface area (Å²) >= 11 is 0. The van der Waals surface area contributed by atoms with Crippen molar-refractivity contribution >= 4 is 17.0 Å². The van der Waals surface area contributed by atoms with Crippen molar-refractivity contribution in [3.63, 3.8) is 0 Å². The Morgan fingerprint density at radius 2 is 1.80 bits per heavy atom. The number of nitriles is 1. The van der Waals surface area contributed by atoms with Crippen LogP contribution < -0.4 is 9.47 Å². The number of carboxylic acid groups (broad SMARTS) is 1. The number of hydrogen-bond acceptors (Lipinski definition) is 8. The summed E-state index contributed by atoms with van der Waals surface area (Å²) in [6, 6.07) is 18.9. The molecule has 2 aliphatic rings. The number of aryl methyl sites for hydroxylation is 1. The van der Waals surface area contributed by atoms with E-state index in [2.05, 4.69) is 11.1 Å². The van der Waals surface area contributed by atoms with E-state index in [0.717, 1.165) is 29.9 Å². The Morgan fingerprint density at radius 3 is 2.52 bits per heavy atom. The van der Waals surface area contributed by atoms with Crippen LogP contribution in [0.3, 0.4) is 0 Å². The maximum atomic E-state index is 15.7. The number of carbonyl (C=O) groups is 1. The molecule has 4 bridgehead atoms. The third kappa shape index (κ3) is 6.40. The second-order valence-corrected chi connectivity index (χ2v) is 10.9. The number of hydrogen-bond donors (Lipinski definition) is 1. The zero-order valence-electron chi connectivity index (χ0n) is 25.4. The maximum Gasteiger partial charge on any atom is 0.335 e. The Kier molecular flexibility index (Phi) is 8.92. The van der Waals surface area contributed by atoms with Crippen LogP contribution in [-0.4, -0.2) is 45.9 Å². The van der Waals surface area contributed by atoms with Gasteiger partial charge in [0, 0.05) is 38.3 Å². The van der Waals surface area contributed by atoms with Crippen molar-refractivity contribution in [1.82, 2.24) is 14.5 Å². The fourth-order valence-corrected chi connectivity index (χ4v) is 5.25. The molecular weight excluding hydrogens is 591 g/mol. The monoisotopic (exact) mass is 622 g/mol. The van der Waals surface area contributed by atoms with Crippen LogP contribution in [0.4, 0.5) is 4.39 Å². The summed E-state index contributed by atoms with van der Waals surface area (Å²) in [6.07, 6.45) is 1.53. The molecule has 3 aromatic carbocycles. The lowest BCUT2D eigenvalue weighted by Crippen LogP contribution is -2.09. The molecule has 1 saturated heterocycles. The highest BCUT2D eigenvalue weighted by Gasteiger charge is 2.20. The van der Waals surface area contributed by atoms with E-state index in [0.29, 0.717) is 50.9 Å². The van der Waals surface area contributed by atoms with Crippen molar-refractivity contribution in [2.24, 2.45) is 7.05 Å². The average Bonchev–Trinajstić information content (AvgIpc) is 3.34. The largest absolute Gasteiger partial charge is 0.494 e. The van der Waals surface area contributed by atoms with Gasteiger partial charge < -0.3 is 28.6 Å². The highest BCUT2D eigenvalue weighted by molar-refractivity contribution is 5.95. The molecule has 4 heterocycles. The van der Waals surface area contributed by atoms with Crippen LogP contribution in [0.15, 0.2) is 60.7 Å². The van der Waals surface area contributed by atoms with E-state index in [9.17, 15) is 15.2 Å². The van der Waals surface area contributed by atoms with Gasteiger partial charge in [-0.25, -0.2) is 19.2 Å². The minimum Gasteiger partial charge on any atom is -0.494 e. The lowest BCUT2D eigenvalue weighted by molar-refractivity contribution is 0.0367. The fraction of sp³-hybridized carbons (Fsp3) is 0.257. The third-order valence-corrected chi connectivity index (χ3v) is 7.95. The van der Waals surface area contributed by atoms with Gasteiger partial charge in [0.25, 0.3) is 0 Å². The quantitative estimate of drug-likeness (QED) is 0.258. The Bertz CT molecular complexity index is 1970. The molecule has 2 aliphatic heterocycles. The molecule has 10 nitrogen and oxygen atoms in total. The van der Waals surface area contributed by atoms with Crippen molar-refractivity contribution in [2.75, 3.05) is 20.3 Å². The van der Waals surface area contributed by atoms with Gasteiger partial charge in [-0.05, 0) is 71.1 Å². The van der Waals surface area contributed by atoms with Gasteiger partial charge in [-0.2, -0.15) is 5.26 Å². The maximum absolute atomic E-state index is 15.7. The standard InChI is InChI=1S/C32H25FN4O5.C3H6O/c1-37-27-11-21(32(38)39)12-28(40-2)31(27)36-29(37)13-20-10-25(33)24-9-23(20)16-41-15-22-8-18(14-34)6-7-19(22)17-42-30-5-3-4-26(24)35-30;1-2-4-3-1/h3-12H,13,15-17H2,1-2H3,(H,38,39);1-3H2. The summed E-state index contributed by atoms with van der Waals surface area (Å²) in [5, 5.41) is 19.0. The van der Waals surface area contributed by atoms with Crippen molar-refractivity contribution in [1.29, 1.82) is 5.26 Å². The van der Waals surface area contributed by atoms with Crippen LogP contribution in [0, 0.1) is 17.1 Å². The van der Waals surface area contributed by atoms with E-state index in [-0.39, 0.29) is 31.8 Å². The van der Waals surface area contributed by atoms with Crippen LogP contribution in [0.25, 0.3) is 22.3 Å². The lowest BCUT2D eigenvalue weighted by atomic mass is 9.99. The summed E-state index contributed by atoms with van der Waals surface area (Å²) in [5.74, 6) is -0.256. The number of rotatable bonds is 4. The summed E-state index contributed by atoms with van der Waals surface area (Å²) in [5.41, 5.74) is 5.47. The summed E-state index contributed by atoms with van der Waals surface area (Å²) < 4.78 is 39.7. The third-order valence-electron chi connectivity index (χ3n) is 7.95. The fourth-order valence-electron chi connectivity index (χ4n) is 5.25. The van der Waals surface area contributed by atoms with E-state index >= 15 is 4.39 Å². The molecule has 0 radical (unpaired) electrons. The van der Waals surface area contributed by atoms with Crippen LogP contribution in [0.1, 0.15) is 50.4 Å². The number of imidazole rings is 1. The highest BCUT2D eigenvalue weighted by atomic mass is 19.1. The van der Waals surface area contributed by atoms with Crippen molar-refractivity contribution in [2.45, 2.75) is 32.7 Å².